The summed E-state index contributed by atoms with van der Waals surface area (Å²) in [4.78, 5) is 0. The van der Waals surface area contributed by atoms with Crippen molar-refractivity contribution in [3.05, 3.63) is 64.2 Å². The Hall–Kier alpha value is -1.58. The van der Waals surface area contributed by atoms with Crippen molar-refractivity contribution in [1.29, 1.82) is 0 Å². The van der Waals surface area contributed by atoms with Crippen molar-refractivity contribution in [2.24, 2.45) is 0 Å². The molecule has 2 nitrogen and oxygen atoms in total. The van der Waals surface area contributed by atoms with Crippen LogP contribution in [0.25, 0.3) is 0 Å². The second-order valence-electron chi connectivity index (χ2n) is 5.71. The second-order valence-corrected chi connectivity index (χ2v) is 6.52. The van der Waals surface area contributed by atoms with Crippen molar-refractivity contribution in [2.75, 3.05) is 5.32 Å². The zero-order valence-electron chi connectivity index (χ0n) is 12.5. The minimum absolute atomic E-state index is 0.283. The van der Waals surface area contributed by atoms with Crippen molar-refractivity contribution >= 4 is 34.6 Å². The highest BCUT2D eigenvalue weighted by molar-refractivity contribution is 7.80. The Morgan fingerprint density at radius 2 is 2.05 bits per heavy atom. The highest BCUT2D eigenvalue weighted by atomic mass is 35.5. The third-order valence-corrected chi connectivity index (χ3v) is 4.73. The summed E-state index contributed by atoms with van der Waals surface area (Å²) in [5.41, 5.74) is 4.76. The van der Waals surface area contributed by atoms with E-state index in [0.29, 0.717) is 5.11 Å². The van der Waals surface area contributed by atoms with Crippen molar-refractivity contribution < 1.29 is 0 Å². The fourth-order valence-electron chi connectivity index (χ4n) is 2.90. The predicted octanol–water partition coefficient (Wildman–Crippen LogP) is 5.01. The quantitative estimate of drug-likeness (QED) is 0.757. The maximum atomic E-state index is 6.15. The van der Waals surface area contributed by atoms with Crippen LogP contribution >= 0.6 is 23.8 Å². The van der Waals surface area contributed by atoms with Crippen LogP contribution < -0.4 is 10.6 Å². The minimum Gasteiger partial charge on any atom is -0.356 e. The van der Waals surface area contributed by atoms with Gasteiger partial charge in [-0.15, -0.1) is 0 Å². The maximum Gasteiger partial charge on any atom is 0.171 e. The lowest BCUT2D eigenvalue weighted by Gasteiger charge is -2.27. The van der Waals surface area contributed by atoms with Gasteiger partial charge in [0, 0.05) is 10.7 Å². The van der Waals surface area contributed by atoms with Crippen molar-refractivity contribution in [1.82, 2.24) is 5.32 Å². The topological polar surface area (TPSA) is 24.1 Å². The molecule has 0 unspecified atom stereocenters. The number of thiocarbonyl (C=S) groups is 1. The molecule has 0 spiro atoms. The Kier molecular flexibility index (Phi) is 4.65. The number of benzene rings is 2. The third-order valence-electron chi connectivity index (χ3n) is 4.10. The molecule has 2 aromatic rings. The van der Waals surface area contributed by atoms with E-state index in [9.17, 15) is 0 Å². The predicted molar refractivity (Wildman–Crippen MR) is 97.7 cm³/mol. The van der Waals surface area contributed by atoms with Crippen molar-refractivity contribution in [2.45, 2.75) is 32.2 Å². The Bertz CT molecular complexity index is 699. The molecular formula is C18H19ClN2S. The van der Waals surface area contributed by atoms with Crippen LogP contribution in [-0.2, 0) is 6.42 Å². The molecule has 0 amide bonds. The lowest BCUT2D eigenvalue weighted by Crippen LogP contribution is -2.34. The van der Waals surface area contributed by atoms with Gasteiger partial charge in [0.2, 0.25) is 0 Å². The third kappa shape index (κ3) is 3.42. The van der Waals surface area contributed by atoms with E-state index in [-0.39, 0.29) is 6.04 Å². The molecule has 0 aliphatic heterocycles. The van der Waals surface area contributed by atoms with E-state index >= 15 is 0 Å². The molecule has 0 saturated carbocycles. The standard InChI is InChI=1S/C18H19ClN2S/c1-12-9-10-14(11-16(12)19)20-18(22)21-17-8-4-6-13-5-2-3-7-15(13)17/h2-3,5,7,9-11,17H,4,6,8H2,1H3,(H2,20,21,22)/t17-/m0/s1. The van der Waals surface area contributed by atoms with Crippen molar-refractivity contribution in [3.63, 3.8) is 0 Å². The molecule has 0 aromatic heterocycles. The van der Waals surface area contributed by atoms with Crippen LogP contribution in [0.15, 0.2) is 42.5 Å². The highest BCUT2D eigenvalue weighted by Gasteiger charge is 2.20. The number of fused-ring (bicyclic) bond motifs is 1. The van der Waals surface area contributed by atoms with Gasteiger partial charge in [0.1, 0.15) is 0 Å². The Balaban J connectivity index is 1.69. The Morgan fingerprint density at radius 3 is 2.86 bits per heavy atom. The molecule has 2 N–H and O–H groups in total. The fraction of sp³-hybridized carbons (Fsp3) is 0.278. The lowest BCUT2D eigenvalue weighted by atomic mass is 9.88. The first kappa shape index (κ1) is 15.3. The number of anilines is 1. The van der Waals surface area contributed by atoms with Crippen LogP contribution in [0.4, 0.5) is 5.69 Å². The number of halogens is 1. The van der Waals surface area contributed by atoms with Gasteiger partial charge in [-0.05, 0) is 67.2 Å². The van der Waals surface area contributed by atoms with E-state index in [1.54, 1.807) is 0 Å². The zero-order chi connectivity index (χ0) is 15.5. The summed E-state index contributed by atoms with van der Waals surface area (Å²) in [6.45, 7) is 1.99. The number of rotatable bonds is 2. The van der Waals surface area contributed by atoms with Crippen LogP contribution in [0, 0.1) is 6.92 Å². The monoisotopic (exact) mass is 330 g/mol. The molecule has 4 heteroatoms. The normalized spacial score (nSPS) is 16.7. The molecule has 0 radical (unpaired) electrons. The summed E-state index contributed by atoms with van der Waals surface area (Å²) in [5.74, 6) is 0. The van der Waals surface area contributed by atoms with Gasteiger partial charge in [-0.3, -0.25) is 0 Å². The fourth-order valence-corrected chi connectivity index (χ4v) is 3.34. The Labute approximate surface area is 141 Å². The summed E-state index contributed by atoms with van der Waals surface area (Å²) < 4.78 is 0. The first-order valence-corrected chi connectivity index (χ1v) is 8.33. The maximum absolute atomic E-state index is 6.15. The summed E-state index contributed by atoms with van der Waals surface area (Å²) >= 11 is 11.6. The van der Waals surface area contributed by atoms with Crippen LogP contribution in [0.1, 0.15) is 35.6 Å². The zero-order valence-corrected chi connectivity index (χ0v) is 14.1. The smallest absolute Gasteiger partial charge is 0.171 e. The SMILES string of the molecule is Cc1ccc(NC(=S)N[C@H]2CCCc3ccccc32)cc1Cl. The number of hydrogen-bond acceptors (Lipinski definition) is 1. The molecule has 1 aliphatic carbocycles. The van der Waals surface area contributed by atoms with Gasteiger partial charge in [0.05, 0.1) is 6.04 Å². The first-order chi connectivity index (χ1) is 10.6. The van der Waals surface area contributed by atoms with E-state index in [1.165, 1.54) is 17.5 Å². The van der Waals surface area contributed by atoms with Crippen molar-refractivity contribution in [3.8, 4) is 0 Å². The van der Waals surface area contributed by atoms with Crippen LogP contribution in [-0.4, -0.2) is 5.11 Å². The average molecular weight is 331 g/mol. The van der Waals surface area contributed by atoms with Gasteiger partial charge in [-0.25, -0.2) is 0 Å². The number of aryl methyl sites for hydroxylation is 2. The van der Waals surface area contributed by atoms with E-state index in [2.05, 4.69) is 34.9 Å². The molecule has 0 heterocycles. The van der Waals surface area contributed by atoms with Gasteiger partial charge < -0.3 is 10.6 Å². The van der Waals surface area contributed by atoms with Gasteiger partial charge in [0.25, 0.3) is 0 Å². The average Bonchev–Trinajstić information content (AvgIpc) is 2.51. The van der Waals surface area contributed by atoms with Gasteiger partial charge >= 0.3 is 0 Å². The summed E-state index contributed by atoms with van der Waals surface area (Å²) in [6.07, 6.45) is 3.45. The van der Waals surface area contributed by atoms with Gasteiger partial charge in [-0.1, -0.05) is 41.9 Å². The van der Waals surface area contributed by atoms with E-state index in [1.807, 2.05) is 25.1 Å². The molecular weight excluding hydrogens is 312 g/mol. The molecule has 3 rings (SSSR count). The summed E-state index contributed by atoms with van der Waals surface area (Å²) in [7, 11) is 0. The van der Waals surface area contributed by atoms with Crippen LogP contribution in [0.3, 0.4) is 0 Å². The molecule has 0 saturated heterocycles. The Morgan fingerprint density at radius 1 is 1.23 bits per heavy atom. The number of hydrogen-bond donors (Lipinski definition) is 2. The molecule has 0 fully saturated rings. The van der Waals surface area contributed by atoms with E-state index in [4.69, 9.17) is 23.8 Å². The largest absolute Gasteiger partial charge is 0.356 e. The molecule has 1 aliphatic rings. The van der Waals surface area contributed by atoms with E-state index in [0.717, 1.165) is 29.1 Å². The molecule has 1 atom stereocenters. The molecule has 22 heavy (non-hydrogen) atoms. The second kappa shape index (κ2) is 6.67. The molecule has 2 aromatic carbocycles. The highest BCUT2D eigenvalue weighted by Crippen LogP contribution is 2.29. The number of nitrogens with one attached hydrogen (secondary N) is 2. The molecule has 0 bridgehead atoms. The lowest BCUT2D eigenvalue weighted by molar-refractivity contribution is 0.529. The first-order valence-electron chi connectivity index (χ1n) is 7.55. The van der Waals surface area contributed by atoms with Gasteiger partial charge in [0.15, 0.2) is 5.11 Å². The molecule has 114 valence electrons. The minimum atomic E-state index is 0.283. The van der Waals surface area contributed by atoms with Crippen LogP contribution in [0.5, 0.6) is 0 Å². The van der Waals surface area contributed by atoms with E-state index < -0.39 is 0 Å². The van der Waals surface area contributed by atoms with Crippen LogP contribution in [0.2, 0.25) is 5.02 Å². The summed E-state index contributed by atoms with van der Waals surface area (Å²) in [5, 5.41) is 8.05. The summed E-state index contributed by atoms with van der Waals surface area (Å²) in [6, 6.07) is 14.8. The van der Waals surface area contributed by atoms with Gasteiger partial charge in [-0.2, -0.15) is 0 Å².